The van der Waals surface area contributed by atoms with Gasteiger partial charge in [0.05, 0.1) is 23.4 Å². The highest BCUT2D eigenvalue weighted by atomic mass is 32.2. The van der Waals surface area contributed by atoms with E-state index < -0.39 is 5.25 Å². The summed E-state index contributed by atoms with van der Waals surface area (Å²) in [5.41, 5.74) is 2.72. The van der Waals surface area contributed by atoms with E-state index in [0.717, 1.165) is 51.9 Å². The maximum atomic E-state index is 13.5. The van der Waals surface area contributed by atoms with Crippen LogP contribution in [0.2, 0.25) is 0 Å². The Hall–Kier alpha value is -2.32. The fourth-order valence-electron chi connectivity index (χ4n) is 4.22. The number of carbonyl (C=O) groups is 1. The third-order valence-electron chi connectivity index (χ3n) is 6.16. The molecule has 1 fully saturated rings. The molecule has 0 bridgehead atoms. The third kappa shape index (κ3) is 4.30. The van der Waals surface area contributed by atoms with Crippen LogP contribution in [0.3, 0.4) is 0 Å². The normalized spacial score (nSPS) is 15.3. The Morgan fingerprint density at radius 3 is 2.69 bits per heavy atom. The smallest absolute Gasteiger partial charge is 0.263 e. The molecule has 32 heavy (non-hydrogen) atoms. The monoisotopic (exact) mass is 471 g/mol. The minimum Gasteiger partial charge on any atom is -0.495 e. The number of carbonyl (C=O) groups excluding carboxylic acids is 1. The van der Waals surface area contributed by atoms with Crippen LogP contribution in [0.15, 0.2) is 28.2 Å². The van der Waals surface area contributed by atoms with Crippen LogP contribution in [0.25, 0.3) is 10.2 Å². The highest BCUT2D eigenvalue weighted by Gasteiger charge is 2.27. The van der Waals surface area contributed by atoms with Gasteiger partial charge in [0.1, 0.15) is 10.6 Å². The highest BCUT2D eigenvalue weighted by Crippen LogP contribution is 2.36. The molecule has 170 valence electrons. The number of fused-ring (bicyclic) bond motifs is 1. The van der Waals surface area contributed by atoms with E-state index in [0.29, 0.717) is 16.6 Å². The molecule has 1 N–H and O–H groups in total. The summed E-state index contributed by atoms with van der Waals surface area (Å²) < 4.78 is 7.24. The summed E-state index contributed by atoms with van der Waals surface area (Å²) in [6, 6.07) is 5.83. The quantitative estimate of drug-likeness (QED) is 0.373. The number of benzene rings is 1. The Morgan fingerprint density at radius 2 is 2.00 bits per heavy atom. The summed E-state index contributed by atoms with van der Waals surface area (Å²) in [6.45, 7) is 7.84. The lowest BCUT2D eigenvalue weighted by Crippen LogP contribution is -2.29. The zero-order valence-electron chi connectivity index (χ0n) is 19.2. The SMILES string of the molecule is COc1ccc(C)cc1NC(=O)C(C)Sc1nc2sc(C)c(C)c2c(=O)n1C1CCCC1. The third-order valence-corrected chi connectivity index (χ3v) is 8.32. The number of thiophene rings is 1. The fourth-order valence-corrected chi connectivity index (χ4v) is 6.27. The van der Waals surface area contributed by atoms with Gasteiger partial charge in [0, 0.05) is 10.9 Å². The van der Waals surface area contributed by atoms with Crippen LogP contribution >= 0.6 is 23.1 Å². The number of nitrogens with zero attached hydrogens (tertiary/aromatic N) is 2. The molecular formula is C24H29N3O3S2. The largest absolute Gasteiger partial charge is 0.495 e. The van der Waals surface area contributed by atoms with Gasteiger partial charge in [-0.05, 0) is 63.8 Å². The molecule has 6 nitrogen and oxygen atoms in total. The predicted molar refractivity (Wildman–Crippen MR) is 133 cm³/mol. The zero-order valence-corrected chi connectivity index (χ0v) is 20.8. The minimum absolute atomic E-state index is 0.0270. The van der Waals surface area contributed by atoms with Gasteiger partial charge >= 0.3 is 0 Å². The second-order valence-electron chi connectivity index (χ2n) is 8.42. The maximum Gasteiger partial charge on any atom is 0.263 e. The predicted octanol–water partition coefficient (Wildman–Crippen LogP) is 5.63. The number of hydrogen-bond donors (Lipinski definition) is 1. The maximum absolute atomic E-state index is 13.5. The molecule has 1 aliphatic carbocycles. The van der Waals surface area contributed by atoms with Crippen molar-refractivity contribution in [2.24, 2.45) is 0 Å². The van der Waals surface area contributed by atoms with Crippen molar-refractivity contribution in [3.05, 3.63) is 44.6 Å². The van der Waals surface area contributed by atoms with Crippen molar-refractivity contribution in [1.82, 2.24) is 9.55 Å². The summed E-state index contributed by atoms with van der Waals surface area (Å²) in [6.07, 6.45) is 4.18. The first-order valence-electron chi connectivity index (χ1n) is 10.9. The number of ether oxygens (including phenoxy) is 1. The second kappa shape index (κ2) is 9.27. The number of anilines is 1. The van der Waals surface area contributed by atoms with E-state index in [2.05, 4.69) is 5.32 Å². The first kappa shape index (κ1) is 22.9. The summed E-state index contributed by atoms with van der Waals surface area (Å²) in [5, 5.41) is 3.91. The van der Waals surface area contributed by atoms with E-state index in [1.807, 2.05) is 50.5 Å². The first-order valence-corrected chi connectivity index (χ1v) is 12.6. The molecule has 1 unspecified atom stereocenters. The van der Waals surface area contributed by atoms with Gasteiger partial charge in [-0.3, -0.25) is 14.2 Å². The van der Waals surface area contributed by atoms with Crippen molar-refractivity contribution >= 4 is 44.9 Å². The van der Waals surface area contributed by atoms with Crippen LogP contribution in [0, 0.1) is 20.8 Å². The molecular weight excluding hydrogens is 442 g/mol. The zero-order chi connectivity index (χ0) is 23.0. The van der Waals surface area contributed by atoms with E-state index in [-0.39, 0.29) is 17.5 Å². The first-order chi connectivity index (χ1) is 15.3. The van der Waals surface area contributed by atoms with E-state index in [1.54, 1.807) is 18.4 Å². The number of amides is 1. The number of aromatic nitrogens is 2. The molecule has 2 heterocycles. The van der Waals surface area contributed by atoms with Crippen molar-refractivity contribution < 1.29 is 9.53 Å². The average Bonchev–Trinajstić information content (AvgIpc) is 3.37. The van der Waals surface area contributed by atoms with Crippen LogP contribution in [0.5, 0.6) is 5.75 Å². The molecule has 2 aromatic heterocycles. The Morgan fingerprint density at radius 1 is 1.28 bits per heavy atom. The van der Waals surface area contributed by atoms with Gasteiger partial charge in [0.25, 0.3) is 5.56 Å². The van der Waals surface area contributed by atoms with Gasteiger partial charge in [-0.1, -0.05) is 30.7 Å². The number of thioether (sulfide) groups is 1. The van der Waals surface area contributed by atoms with Gasteiger partial charge < -0.3 is 10.1 Å². The second-order valence-corrected chi connectivity index (χ2v) is 10.9. The Balaban J connectivity index is 1.67. The van der Waals surface area contributed by atoms with Gasteiger partial charge in [0.2, 0.25) is 5.91 Å². The van der Waals surface area contributed by atoms with E-state index in [4.69, 9.17) is 9.72 Å². The van der Waals surface area contributed by atoms with Gasteiger partial charge in [0.15, 0.2) is 5.16 Å². The van der Waals surface area contributed by atoms with Crippen LogP contribution in [0.1, 0.15) is 54.7 Å². The van der Waals surface area contributed by atoms with E-state index in [9.17, 15) is 9.59 Å². The summed E-state index contributed by atoms with van der Waals surface area (Å²) in [7, 11) is 1.59. The number of rotatable bonds is 6. The van der Waals surface area contributed by atoms with Crippen molar-refractivity contribution in [2.75, 3.05) is 12.4 Å². The molecule has 0 aliphatic heterocycles. The Kier molecular flexibility index (Phi) is 6.62. The van der Waals surface area contributed by atoms with Crippen molar-refractivity contribution in [3.8, 4) is 5.75 Å². The Labute approximate surface area is 196 Å². The molecule has 8 heteroatoms. The van der Waals surface area contributed by atoms with Crippen LogP contribution < -0.4 is 15.6 Å². The molecule has 1 atom stereocenters. The molecule has 4 rings (SSSR count). The average molecular weight is 472 g/mol. The number of methoxy groups -OCH3 is 1. The van der Waals surface area contributed by atoms with E-state index >= 15 is 0 Å². The number of aryl methyl sites for hydroxylation is 3. The van der Waals surface area contributed by atoms with Crippen LogP contribution in [0.4, 0.5) is 5.69 Å². The van der Waals surface area contributed by atoms with Gasteiger partial charge in [-0.25, -0.2) is 4.98 Å². The summed E-state index contributed by atoms with van der Waals surface area (Å²) in [5.74, 6) is 0.470. The summed E-state index contributed by atoms with van der Waals surface area (Å²) in [4.78, 5) is 33.3. The van der Waals surface area contributed by atoms with Crippen molar-refractivity contribution in [3.63, 3.8) is 0 Å². The van der Waals surface area contributed by atoms with Gasteiger partial charge in [-0.15, -0.1) is 11.3 Å². The van der Waals surface area contributed by atoms with Crippen LogP contribution in [-0.2, 0) is 4.79 Å². The lowest BCUT2D eigenvalue weighted by atomic mass is 10.2. The minimum atomic E-state index is -0.431. The molecule has 1 amide bonds. The van der Waals surface area contributed by atoms with Crippen molar-refractivity contribution in [2.45, 2.75) is 69.8 Å². The molecule has 1 aromatic carbocycles. The number of hydrogen-bond acceptors (Lipinski definition) is 6. The fraction of sp³-hybridized carbons (Fsp3) is 0.458. The van der Waals surface area contributed by atoms with Crippen molar-refractivity contribution in [1.29, 1.82) is 0 Å². The molecule has 0 saturated heterocycles. The molecule has 3 aromatic rings. The number of nitrogens with one attached hydrogen (secondary N) is 1. The molecule has 1 aliphatic rings. The lowest BCUT2D eigenvalue weighted by Gasteiger charge is -2.20. The molecule has 0 radical (unpaired) electrons. The molecule has 0 spiro atoms. The lowest BCUT2D eigenvalue weighted by molar-refractivity contribution is -0.115. The van der Waals surface area contributed by atoms with Crippen LogP contribution in [-0.4, -0.2) is 27.8 Å². The standard InChI is InChI=1S/C24H29N3O3S2/c1-13-10-11-19(30-5)18(12-13)25-21(28)16(4)32-24-26-22-20(14(2)15(3)31-22)23(29)27(24)17-8-6-7-9-17/h10-12,16-17H,6-9H2,1-5H3,(H,25,28). The highest BCUT2D eigenvalue weighted by molar-refractivity contribution is 8.00. The van der Waals surface area contributed by atoms with Gasteiger partial charge in [-0.2, -0.15) is 0 Å². The summed E-state index contributed by atoms with van der Waals surface area (Å²) >= 11 is 2.90. The Bertz CT molecular complexity index is 1230. The van der Waals surface area contributed by atoms with E-state index in [1.165, 1.54) is 11.8 Å². The topological polar surface area (TPSA) is 73.2 Å². The molecule has 1 saturated carbocycles.